The maximum absolute atomic E-state index is 12.1. The molecule has 0 heterocycles. The van der Waals surface area contributed by atoms with Crippen molar-refractivity contribution in [3.63, 3.8) is 0 Å². The molecule has 1 aliphatic rings. The van der Waals surface area contributed by atoms with Crippen LogP contribution < -0.4 is 16.6 Å². The van der Waals surface area contributed by atoms with Crippen LogP contribution in [0, 0.1) is 5.92 Å². The number of nitrogens with one attached hydrogen (secondary N) is 2. The van der Waals surface area contributed by atoms with Crippen molar-refractivity contribution >= 4 is 23.4 Å². The number of hydrogen-bond donors (Lipinski definition) is 4. The van der Waals surface area contributed by atoms with Gasteiger partial charge in [0.1, 0.15) is 6.10 Å². The van der Waals surface area contributed by atoms with Gasteiger partial charge in [-0.05, 0) is 37.0 Å². The van der Waals surface area contributed by atoms with Gasteiger partial charge < -0.3 is 10.8 Å². The Hall–Kier alpha value is -1.63. The molecule has 0 radical (unpaired) electrons. The molecule has 0 aliphatic heterocycles. The van der Waals surface area contributed by atoms with E-state index in [-0.39, 0.29) is 5.92 Å². The van der Waals surface area contributed by atoms with E-state index in [9.17, 15) is 14.7 Å². The molecule has 138 valence electrons. The zero-order chi connectivity index (χ0) is 18.2. The number of hydrogen-bond acceptors (Lipinski definition) is 4. The maximum Gasteiger partial charge on any atom is 0.269 e. The fourth-order valence-corrected chi connectivity index (χ4v) is 3.39. The lowest BCUT2D eigenvalue weighted by molar-refractivity contribution is -0.132. The van der Waals surface area contributed by atoms with Crippen LogP contribution in [0.25, 0.3) is 0 Å². The van der Waals surface area contributed by atoms with Crippen molar-refractivity contribution in [2.24, 2.45) is 11.7 Å². The van der Waals surface area contributed by atoms with Crippen LogP contribution in [-0.4, -0.2) is 29.1 Å². The summed E-state index contributed by atoms with van der Waals surface area (Å²) in [6.45, 7) is 0. The Balaban J connectivity index is 1.85. The number of benzene rings is 1. The molecule has 1 unspecified atom stereocenters. The smallest absolute Gasteiger partial charge is 0.269 e. The molecule has 1 fully saturated rings. The fraction of sp³-hybridized carbons (Fsp3) is 0.556. The number of aliphatic hydroxyl groups excluding tert-OH is 1. The Bertz CT molecular complexity index is 589. The van der Waals surface area contributed by atoms with Gasteiger partial charge in [0.2, 0.25) is 0 Å². The quantitative estimate of drug-likeness (QED) is 0.612. The minimum atomic E-state index is -1.36. The molecule has 1 aromatic carbocycles. The summed E-state index contributed by atoms with van der Waals surface area (Å²) >= 11 is 5.83. The van der Waals surface area contributed by atoms with Crippen LogP contribution in [0.15, 0.2) is 24.3 Å². The van der Waals surface area contributed by atoms with E-state index in [4.69, 9.17) is 17.3 Å². The fourth-order valence-electron chi connectivity index (χ4n) is 3.20. The molecule has 0 aromatic heterocycles. The Morgan fingerprint density at radius 3 is 2.40 bits per heavy atom. The van der Waals surface area contributed by atoms with Crippen LogP contribution in [0.5, 0.6) is 0 Å². The normalized spacial score (nSPS) is 18.5. The van der Waals surface area contributed by atoms with Crippen LogP contribution in [0.2, 0.25) is 5.02 Å². The summed E-state index contributed by atoms with van der Waals surface area (Å²) in [6, 6.07) is 5.71. The Labute approximate surface area is 153 Å². The van der Waals surface area contributed by atoms with Crippen LogP contribution in [0.3, 0.4) is 0 Å². The second kappa shape index (κ2) is 9.75. The van der Waals surface area contributed by atoms with Gasteiger partial charge in [0.05, 0.1) is 0 Å². The van der Waals surface area contributed by atoms with Crippen LogP contribution >= 0.6 is 11.6 Å². The molecular weight excluding hydrogens is 342 g/mol. The molecule has 2 amide bonds. The Morgan fingerprint density at radius 2 is 1.76 bits per heavy atom. The van der Waals surface area contributed by atoms with Crippen LogP contribution in [-0.2, 0) is 4.79 Å². The highest BCUT2D eigenvalue weighted by Gasteiger charge is 2.30. The van der Waals surface area contributed by atoms with E-state index < -0.39 is 24.0 Å². The number of aliphatic hydroxyl groups is 1. The summed E-state index contributed by atoms with van der Waals surface area (Å²) < 4.78 is 0. The topological polar surface area (TPSA) is 104 Å². The number of rotatable bonds is 4. The number of nitrogens with two attached hydrogens (primary N) is 1. The van der Waals surface area contributed by atoms with Gasteiger partial charge >= 0.3 is 0 Å². The van der Waals surface area contributed by atoms with Crippen molar-refractivity contribution in [2.75, 3.05) is 0 Å². The highest BCUT2D eigenvalue weighted by atomic mass is 35.5. The number of halogens is 1. The zero-order valence-electron chi connectivity index (χ0n) is 14.2. The Morgan fingerprint density at radius 1 is 1.12 bits per heavy atom. The molecule has 6 nitrogen and oxygen atoms in total. The predicted octanol–water partition coefficient (Wildman–Crippen LogP) is 2.15. The van der Waals surface area contributed by atoms with Gasteiger partial charge in [-0.2, -0.15) is 0 Å². The molecule has 5 N–H and O–H groups in total. The summed E-state index contributed by atoms with van der Waals surface area (Å²) in [5, 5.41) is 10.6. The van der Waals surface area contributed by atoms with Gasteiger partial charge in [-0.1, -0.05) is 49.8 Å². The van der Waals surface area contributed by atoms with Crippen molar-refractivity contribution in [1.82, 2.24) is 10.9 Å². The summed E-state index contributed by atoms with van der Waals surface area (Å²) in [7, 11) is 0. The lowest BCUT2D eigenvalue weighted by atomic mass is 9.84. The number of hydrazine groups is 1. The summed E-state index contributed by atoms with van der Waals surface area (Å²) in [6.07, 6.45) is 6.18. The van der Waals surface area contributed by atoms with E-state index in [1.807, 2.05) is 0 Å². The predicted molar refractivity (Wildman–Crippen MR) is 96.9 cm³/mol. The van der Waals surface area contributed by atoms with E-state index in [1.54, 1.807) is 18.2 Å². The van der Waals surface area contributed by atoms with E-state index >= 15 is 0 Å². The SMILES string of the molecule is N[C@H](C1CCCCCCC1)C(O)C(=O)NNC(=O)c1cccc(Cl)c1. The lowest BCUT2D eigenvalue weighted by Gasteiger charge is -2.28. The maximum atomic E-state index is 12.1. The van der Waals surface area contributed by atoms with E-state index in [0.29, 0.717) is 10.6 Å². The van der Waals surface area contributed by atoms with E-state index in [1.165, 1.54) is 25.3 Å². The molecule has 0 spiro atoms. The highest BCUT2D eigenvalue weighted by Crippen LogP contribution is 2.25. The molecular formula is C18H26ClN3O3. The average molecular weight is 368 g/mol. The Kier molecular flexibility index (Phi) is 7.68. The molecule has 1 aliphatic carbocycles. The van der Waals surface area contributed by atoms with Gasteiger partial charge in [-0.15, -0.1) is 0 Å². The first-order valence-corrected chi connectivity index (χ1v) is 9.16. The molecule has 2 rings (SSSR count). The first-order chi connectivity index (χ1) is 12.0. The second-order valence-corrected chi connectivity index (χ2v) is 7.02. The van der Waals surface area contributed by atoms with Gasteiger partial charge in [-0.3, -0.25) is 20.4 Å². The first kappa shape index (κ1) is 19.7. The van der Waals surface area contributed by atoms with Crippen molar-refractivity contribution in [3.05, 3.63) is 34.9 Å². The molecule has 1 aromatic rings. The average Bonchev–Trinajstić information content (AvgIpc) is 2.58. The van der Waals surface area contributed by atoms with Gasteiger partial charge in [0, 0.05) is 16.6 Å². The van der Waals surface area contributed by atoms with Crippen molar-refractivity contribution in [1.29, 1.82) is 0 Å². The third-order valence-corrected chi connectivity index (χ3v) is 4.95. The minimum Gasteiger partial charge on any atom is -0.382 e. The number of carbonyl (C=O) groups excluding carboxylic acids is 2. The number of carbonyl (C=O) groups is 2. The summed E-state index contributed by atoms with van der Waals surface area (Å²) in [5.41, 5.74) is 10.9. The highest BCUT2D eigenvalue weighted by molar-refractivity contribution is 6.30. The minimum absolute atomic E-state index is 0.115. The molecule has 7 heteroatoms. The van der Waals surface area contributed by atoms with Crippen molar-refractivity contribution in [3.8, 4) is 0 Å². The van der Waals surface area contributed by atoms with Crippen molar-refractivity contribution in [2.45, 2.75) is 57.1 Å². The largest absolute Gasteiger partial charge is 0.382 e. The first-order valence-electron chi connectivity index (χ1n) is 8.78. The van der Waals surface area contributed by atoms with Gasteiger partial charge in [0.25, 0.3) is 11.8 Å². The third-order valence-electron chi connectivity index (χ3n) is 4.71. The molecule has 2 atom stereocenters. The summed E-state index contributed by atoms with van der Waals surface area (Å²) in [4.78, 5) is 24.1. The second-order valence-electron chi connectivity index (χ2n) is 6.58. The monoisotopic (exact) mass is 367 g/mol. The standard InChI is InChI=1S/C18H26ClN3O3/c19-14-10-6-9-13(11-14)17(24)21-22-18(25)16(23)15(20)12-7-4-2-1-3-5-8-12/h6,9-12,15-16,23H,1-5,7-8,20H2,(H,21,24)(H,22,25)/t15-,16?/m1/s1. The lowest BCUT2D eigenvalue weighted by Crippen LogP contribution is -2.54. The van der Waals surface area contributed by atoms with E-state index in [0.717, 1.165) is 25.7 Å². The van der Waals surface area contributed by atoms with Crippen LogP contribution in [0.4, 0.5) is 0 Å². The van der Waals surface area contributed by atoms with Gasteiger partial charge in [0.15, 0.2) is 0 Å². The summed E-state index contributed by atoms with van der Waals surface area (Å²) in [5.74, 6) is -1.10. The molecule has 0 bridgehead atoms. The van der Waals surface area contributed by atoms with Crippen LogP contribution in [0.1, 0.15) is 55.3 Å². The zero-order valence-corrected chi connectivity index (χ0v) is 15.0. The number of amides is 2. The molecule has 25 heavy (non-hydrogen) atoms. The van der Waals surface area contributed by atoms with Gasteiger partial charge in [-0.25, -0.2) is 0 Å². The van der Waals surface area contributed by atoms with Crippen molar-refractivity contribution < 1.29 is 14.7 Å². The molecule has 1 saturated carbocycles. The third kappa shape index (κ3) is 5.99. The van der Waals surface area contributed by atoms with E-state index in [2.05, 4.69) is 10.9 Å². The molecule has 0 saturated heterocycles.